The van der Waals surface area contributed by atoms with Crippen LogP contribution in [0.25, 0.3) is 0 Å². The van der Waals surface area contributed by atoms with Gasteiger partial charge in [0.1, 0.15) is 0 Å². The number of hydrogen-bond donors (Lipinski definition) is 2. The smallest absolute Gasteiger partial charge is 0.191 e. The van der Waals surface area contributed by atoms with Crippen LogP contribution in [0.15, 0.2) is 29.3 Å². The van der Waals surface area contributed by atoms with Crippen LogP contribution in [0.3, 0.4) is 0 Å². The SMILES string of the molecule is CCOCCOCc1cccc(CNC(=NC)NCCCC(C)C)c1.I. The first-order chi connectivity index (χ1) is 12.2. The Morgan fingerprint density at radius 1 is 1.12 bits per heavy atom. The Balaban J connectivity index is 0.00000625. The maximum Gasteiger partial charge on any atom is 0.191 e. The molecule has 0 aromatic heterocycles. The van der Waals surface area contributed by atoms with Gasteiger partial charge < -0.3 is 20.1 Å². The molecular weight excluding hydrogens is 441 g/mol. The van der Waals surface area contributed by atoms with Gasteiger partial charge in [-0.25, -0.2) is 0 Å². The average Bonchev–Trinajstić information content (AvgIpc) is 2.61. The molecule has 6 heteroatoms. The molecule has 0 bridgehead atoms. The zero-order valence-corrected chi connectivity index (χ0v) is 19.0. The Morgan fingerprint density at radius 2 is 1.85 bits per heavy atom. The van der Waals surface area contributed by atoms with Gasteiger partial charge in [0.05, 0.1) is 19.8 Å². The van der Waals surface area contributed by atoms with Crippen molar-refractivity contribution in [3.8, 4) is 0 Å². The Hall–Kier alpha value is -0.860. The minimum Gasteiger partial charge on any atom is -0.379 e. The number of aliphatic imine (C=N–C) groups is 1. The van der Waals surface area contributed by atoms with Crippen molar-refractivity contribution < 1.29 is 9.47 Å². The van der Waals surface area contributed by atoms with Crippen molar-refractivity contribution in [3.63, 3.8) is 0 Å². The van der Waals surface area contributed by atoms with Gasteiger partial charge in [-0.15, -0.1) is 24.0 Å². The normalized spacial score (nSPS) is 11.3. The predicted molar refractivity (Wildman–Crippen MR) is 120 cm³/mol. The first-order valence-electron chi connectivity index (χ1n) is 9.33. The van der Waals surface area contributed by atoms with Gasteiger partial charge in [0.2, 0.25) is 0 Å². The minimum atomic E-state index is 0. The number of ether oxygens (including phenoxy) is 2. The van der Waals surface area contributed by atoms with Crippen molar-refractivity contribution in [1.82, 2.24) is 10.6 Å². The molecule has 0 heterocycles. The fourth-order valence-corrected chi connectivity index (χ4v) is 2.41. The summed E-state index contributed by atoms with van der Waals surface area (Å²) in [4.78, 5) is 4.28. The fourth-order valence-electron chi connectivity index (χ4n) is 2.41. The van der Waals surface area contributed by atoms with E-state index in [-0.39, 0.29) is 24.0 Å². The molecule has 5 nitrogen and oxygen atoms in total. The number of rotatable bonds is 12. The number of nitrogens with one attached hydrogen (secondary N) is 2. The zero-order valence-electron chi connectivity index (χ0n) is 16.7. The average molecular weight is 477 g/mol. The van der Waals surface area contributed by atoms with E-state index in [1.165, 1.54) is 17.5 Å². The van der Waals surface area contributed by atoms with E-state index in [9.17, 15) is 0 Å². The van der Waals surface area contributed by atoms with Gasteiger partial charge in [0.15, 0.2) is 5.96 Å². The van der Waals surface area contributed by atoms with E-state index in [0.29, 0.717) is 19.8 Å². The zero-order chi connectivity index (χ0) is 18.3. The Morgan fingerprint density at radius 3 is 2.54 bits per heavy atom. The molecule has 0 atom stereocenters. The molecule has 1 rings (SSSR count). The van der Waals surface area contributed by atoms with Crippen LogP contribution in [0.5, 0.6) is 0 Å². The summed E-state index contributed by atoms with van der Waals surface area (Å²) in [5, 5.41) is 6.73. The van der Waals surface area contributed by atoms with Crippen LogP contribution in [0.1, 0.15) is 44.7 Å². The highest BCUT2D eigenvalue weighted by Gasteiger charge is 2.01. The molecule has 2 N–H and O–H groups in total. The van der Waals surface area contributed by atoms with Crippen LogP contribution in [0.2, 0.25) is 0 Å². The van der Waals surface area contributed by atoms with Crippen LogP contribution in [-0.2, 0) is 22.6 Å². The van der Waals surface area contributed by atoms with Gasteiger partial charge in [-0.2, -0.15) is 0 Å². The molecule has 1 aromatic carbocycles. The molecule has 150 valence electrons. The molecule has 0 aliphatic rings. The lowest BCUT2D eigenvalue weighted by Gasteiger charge is -2.13. The molecule has 0 radical (unpaired) electrons. The molecular formula is C20H36IN3O2. The van der Waals surface area contributed by atoms with Gasteiger partial charge in [0, 0.05) is 26.7 Å². The second-order valence-electron chi connectivity index (χ2n) is 6.46. The summed E-state index contributed by atoms with van der Waals surface area (Å²) in [6, 6.07) is 8.43. The highest BCUT2D eigenvalue weighted by atomic mass is 127. The third-order valence-electron chi connectivity index (χ3n) is 3.77. The van der Waals surface area contributed by atoms with Crippen LogP contribution >= 0.6 is 24.0 Å². The van der Waals surface area contributed by atoms with Crippen molar-refractivity contribution in [3.05, 3.63) is 35.4 Å². The standard InChI is InChI=1S/C20H35N3O2.HI/c1-5-24-12-13-25-16-19-10-6-9-18(14-19)15-23-20(21-4)22-11-7-8-17(2)3;/h6,9-10,14,17H,5,7-8,11-13,15-16H2,1-4H3,(H2,21,22,23);1H. The lowest BCUT2D eigenvalue weighted by molar-refractivity contribution is 0.0453. The van der Waals surface area contributed by atoms with Gasteiger partial charge in [-0.1, -0.05) is 38.1 Å². The third-order valence-corrected chi connectivity index (χ3v) is 3.77. The summed E-state index contributed by atoms with van der Waals surface area (Å²) in [6.07, 6.45) is 2.39. The Kier molecular flexibility index (Phi) is 15.8. The lowest BCUT2D eigenvalue weighted by atomic mass is 10.1. The summed E-state index contributed by atoms with van der Waals surface area (Å²) in [5.41, 5.74) is 2.40. The first-order valence-corrected chi connectivity index (χ1v) is 9.33. The van der Waals surface area contributed by atoms with E-state index in [4.69, 9.17) is 9.47 Å². The molecule has 0 spiro atoms. The molecule has 0 amide bonds. The van der Waals surface area contributed by atoms with Crippen LogP contribution in [-0.4, -0.2) is 39.4 Å². The monoisotopic (exact) mass is 477 g/mol. The number of halogens is 1. The maximum atomic E-state index is 5.63. The molecule has 26 heavy (non-hydrogen) atoms. The van der Waals surface area contributed by atoms with Crippen molar-refractivity contribution in [2.24, 2.45) is 10.9 Å². The Labute approximate surface area is 176 Å². The molecule has 0 aliphatic carbocycles. The summed E-state index contributed by atoms with van der Waals surface area (Å²) in [6.45, 7) is 10.8. The van der Waals surface area contributed by atoms with Crippen LogP contribution in [0.4, 0.5) is 0 Å². The first kappa shape index (κ1) is 25.1. The number of nitrogens with zero attached hydrogens (tertiary/aromatic N) is 1. The molecule has 0 fully saturated rings. The van der Waals surface area contributed by atoms with E-state index in [2.05, 4.69) is 53.7 Å². The van der Waals surface area contributed by atoms with Crippen LogP contribution < -0.4 is 10.6 Å². The van der Waals surface area contributed by atoms with Gasteiger partial charge in [-0.05, 0) is 36.8 Å². The largest absolute Gasteiger partial charge is 0.379 e. The third kappa shape index (κ3) is 12.5. The lowest BCUT2D eigenvalue weighted by Crippen LogP contribution is -2.37. The number of benzene rings is 1. The van der Waals surface area contributed by atoms with E-state index < -0.39 is 0 Å². The van der Waals surface area contributed by atoms with E-state index in [1.54, 1.807) is 7.05 Å². The topological polar surface area (TPSA) is 54.9 Å². The second-order valence-corrected chi connectivity index (χ2v) is 6.46. The summed E-state index contributed by atoms with van der Waals surface area (Å²) >= 11 is 0. The number of hydrogen-bond acceptors (Lipinski definition) is 3. The van der Waals surface area contributed by atoms with Crippen molar-refractivity contribution in [2.45, 2.75) is 46.8 Å². The fraction of sp³-hybridized carbons (Fsp3) is 0.650. The van der Waals surface area contributed by atoms with E-state index >= 15 is 0 Å². The summed E-state index contributed by atoms with van der Waals surface area (Å²) in [7, 11) is 1.81. The summed E-state index contributed by atoms with van der Waals surface area (Å²) in [5.74, 6) is 1.59. The molecule has 0 saturated heterocycles. The van der Waals surface area contributed by atoms with Crippen molar-refractivity contribution in [2.75, 3.05) is 33.4 Å². The quantitative estimate of drug-likeness (QED) is 0.207. The number of guanidine groups is 1. The minimum absolute atomic E-state index is 0. The Bertz CT molecular complexity index is 496. The van der Waals surface area contributed by atoms with Gasteiger partial charge >= 0.3 is 0 Å². The molecule has 0 saturated carbocycles. The maximum absolute atomic E-state index is 5.63. The van der Waals surface area contributed by atoms with Crippen molar-refractivity contribution >= 4 is 29.9 Å². The molecule has 0 unspecified atom stereocenters. The highest BCUT2D eigenvalue weighted by Crippen LogP contribution is 2.07. The van der Waals surface area contributed by atoms with Gasteiger partial charge in [0.25, 0.3) is 0 Å². The second kappa shape index (κ2) is 16.3. The summed E-state index contributed by atoms with van der Waals surface area (Å²) < 4.78 is 10.9. The van der Waals surface area contributed by atoms with Gasteiger partial charge in [-0.3, -0.25) is 4.99 Å². The molecule has 1 aromatic rings. The highest BCUT2D eigenvalue weighted by molar-refractivity contribution is 14.0. The predicted octanol–water partition coefficient (Wildman–Crippen LogP) is 3.96. The van der Waals surface area contributed by atoms with Crippen LogP contribution in [0, 0.1) is 5.92 Å². The van der Waals surface area contributed by atoms with Crippen molar-refractivity contribution in [1.29, 1.82) is 0 Å². The van der Waals surface area contributed by atoms with E-state index in [0.717, 1.165) is 38.0 Å². The van der Waals surface area contributed by atoms with E-state index in [1.807, 2.05) is 6.92 Å². The molecule has 0 aliphatic heterocycles.